The number of carbonyl (C=O) groups is 2. The topological polar surface area (TPSA) is 83.6 Å². The van der Waals surface area contributed by atoms with Crippen LogP contribution < -0.4 is 5.73 Å². The van der Waals surface area contributed by atoms with Crippen molar-refractivity contribution >= 4 is 33.5 Å². The van der Waals surface area contributed by atoms with Crippen LogP contribution in [0.3, 0.4) is 0 Å². The third-order valence-electron chi connectivity index (χ3n) is 2.48. The van der Waals surface area contributed by atoms with Crippen LogP contribution in [0.25, 0.3) is 0 Å². The number of nitrogens with two attached hydrogens (primary N) is 1. The number of hydrogen-bond acceptors (Lipinski definition) is 3. The van der Waals surface area contributed by atoms with E-state index >= 15 is 0 Å². The van der Waals surface area contributed by atoms with Crippen LogP contribution in [0.15, 0.2) is 22.7 Å². The lowest BCUT2D eigenvalue weighted by Gasteiger charge is -2.22. The van der Waals surface area contributed by atoms with Crippen molar-refractivity contribution in [1.82, 2.24) is 4.90 Å². The zero-order chi connectivity index (χ0) is 13.2. The van der Waals surface area contributed by atoms with E-state index in [2.05, 4.69) is 15.9 Å². The van der Waals surface area contributed by atoms with E-state index in [1.165, 1.54) is 20.0 Å². The number of nitrogens with zero attached hydrogens (tertiary/aromatic N) is 1. The largest absolute Gasteiger partial charge is 0.480 e. The summed E-state index contributed by atoms with van der Waals surface area (Å²) in [6.07, 6.45) is 0. The highest BCUT2D eigenvalue weighted by atomic mass is 79.9. The number of likely N-dealkylation sites (N-methyl/N-ethyl adjacent to an activating group) is 1. The molecule has 0 aliphatic heterocycles. The Balaban J connectivity index is 3.04. The quantitative estimate of drug-likeness (QED) is 0.830. The number of carboxylic acid groups (broad SMARTS) is 1. The van der Waals surface area contributed by atoms with E-state index in [1.54, 1.807) is 12.1 Å². The lowest BCUT2D eigenvalue weighted by atomic mass is 10.1. The number of amides is 1. The number of carbonyl (C=O) groups excluding carboxylic acids is 1. The van der Waals surface area contributed by atoms with E-state index in [9.17, 15) is 9.59 Å². The smallest absolute Gasteiger partial charge is 0.326 e. The molecular formula is C11H13BrN2O3. The second-order valence-electron chi connectivity index (χ2n) is 3.67. The van der Waals surface area contributed by atoms with Gasteiger partial charge in [-0.3, -0.25) is 4.79 Å². The molecule has 0 aliphatic rings. The van der Waals surface area contributed by atoms with Gasteiger partial charge in [0.05, 0.1) is 5.56 Å². The summed E-state index contributed by atoms with van der Waals surface area (Å²) in [5, 5.41) is 8.84. The Morgan fingerprint density at radius 3 is 2.59 bits per heavy atom. The Hall–Kier alpha value is -1.56. The fourth-order valence-electron chi connectivity index (χ4n) is 1.24. The predicted molar refractivity (Wildman–Crippen MR) is 67.7 cm³/mol. The van der Waals surface area contributed by atoms with Crippen LogP contribution in [0, 0.1) is 0 Å². The summed E-state index contributed by atoms with van der Waals surface area (Å²) in [4.78, 5) is 24.0. The Labute approximate surface area is 107 Å². The summed E-state index contributed by atoms with van der Waals surface area (Å²) >= 11 is 3.24. The molecule has 5 nitrogen and oxygen atoms in total. The minimum atomic E-state index is -1.05. The number of halogens is 1. The molecule has 1 rings (SSSR count). The molecule has 1 aromatic carbocycles. The van der Waals surface area contributed by atoms with Crippen LogP contribution in [0.5, 0.6) is 0 Å². The van der Waals surface area contributed by atoms with Gasteiger partial charge in [-0.1, -0.05) is 0 Å². The van der Waals surface area contributed by atoms with Crippen molar-refractivity contribution in [2.24, 2.45) is 0 Å². The molecule has 0 spiro atoms. The van der Waals surface area contributed by atoms with Crippen molar-refractivity contribution in [3.63, 3.8) is 0 Å². The molecule has 0 fully saturated rings. The first-order valence-corrected chi connectivity index (χ1v) is 5.69. The summed E-state index contributed by atoms with van der Waals surface area (Å²) < 4.78 is 0.584. The van der Waals surface area contributed by atoms with Crippen molar-refractivity contribution in [3.05, 3.63) is 28.2 Å². The van der Waals surface area contributed by atoms with Crippen LogP contribution in [0.1, 0.15) is 17.3 Å². The number of benzene rings is 1. The van der Waals surface area contributed by atoms with Crippen LogP contribution >= 0.6 is 15.9 Å². The average molecular weight is 301 g/mol. The molecule has 92 valence electrons. The summed E-state index contributed by atoms with van der Waals surface area (Å²) in [7, 11) is 1.44. The van der Waals surface area contributed by atoms with Gasteiger partial charge in [-0.05, 0) is 41.1 Å². The molecular weight excluding hydrogens is 288 g/mol. The average Bonchev–Trinajstić information content (AvgIpc) is 2.29. The van der Waals surface area contributed by atoms with Crippen LogP contribution in [0.4, 0.5) is 5.69 Å². The first-order valence-electron chi connectivity index (χ1n) is 4.89. The number of hydrogen-bond donors (Lipinski definition) is 2. The maximum absolute atomic E-state index is 12.0. The minimum absolute atomic E-state index is 0.348. The first-order chi connectivity index (χ1) is 7.84. The Bertz CT molecular complexity index is 462. The highest BCUT2D eigenvalue weighted by molar-refractivity contribution is 9.10. The molecule has 1 aromatic rings. The summed E-state index contributed by atoms with van der Waals surface area (Å²) in [6.45, 7) is 1.44. The number of aliphatic carboxylic acids is 1. The van der Waals surface area contributed by atoms with Crippen molar-refractivity contribution < 1.29 is 14.7 Å². The Morgan fingerprint density at radius 2 is 2.06 bits per heavy atom. The highest BCUT2D eigenvalue weighted by Gasteiger charge is 2.24. The first kappa shape index (κ1) is 13.5. The molecule has 0 radical (unpaired) electrons. The van der Waals surface area contributed by atoms with Gasteiger partial charge in [0.25, 0.3) is 5.91 Å². The number of anilines is 1. The van der Waals surface area contributed by atoms with Gasteiger partial charge in [0.2, 0.25) is 0 Å². The SMILES string of the molecule is CC(C(=O)O)N(C)C(=O)c1cc(N)ccc1Br. The zero-order valence-corrected chi connectivity index (χ0v) is 11.1. The summed E-state index contributed by atoms with van der Waals surface area (Å²) in [5.41, 5.74) is 6.39. The number of carboxylic acids is 1. The van der Waals surface area contributed by atoms with E-state index in [4.69, 9.17) is 10.8 Å². The molecule has 1 unspecified atom stereocenters. The maximum atomic E-state index is 12.0. The molecule has 0 bridgehead atoms. The molecule has 1 atom stereocenters. The standard InChI is InChI=1S/C11H13BrN2O3/c1-6(11(16)17)14(2)10(15)8-5-7(13)3-4-9(8)12/h3-6H,13H2,1-2H3,(H,16,17). The molecule has 1 amide bonds. The van der Waals surface area contributed by atoms with Gasteiger partial charge in [-0.25, -0.2) is 4.79 Å². The molecule has 0 saturated carbocycles. The zero-order valence-electron chi connectivity index (χ0n) is 9.48. The van der Waals surface area contributed by atoms with Crippen LogP contribution in [-0.2, 0) is 4.79 Å². The lowest BCUT2D eigenvalue weighted by Crippen LogP contribution is -2.40. The normalized spacial score (nSPS) is 11.9. The maximum Gasteiger partial charge on any atom is 0.326 e. The predicted octanol–water partition coefficient (Wildman–Crippen LogP) is 1.58. The van der Waals surface area contributed by atoms with Gasteiger partial charge in [-0.2, -0.15) is 0 Å². The second-order valence-corrected chi connectivity index (χ2v) is 4.52. The van der Waals surface area contributed by atoms with Crippen molar-refractivity contribution in [2.75, 3.05) is 12.8 Å². The Morgan fingerprint density at radius 1 is 1.47 bits per heavy atom. The van der Waals surface area contributed by atoms with E-state index < -0.39 is 12.0 Å². The molecule has 6 heteroatoms. The molecule has 0 aromatic heterocycles. The van der Waals surface area contributed by atoms with Crippen molar-refractivity contribution in [1.29, 1.82) is 0 Å². The van der Waals surface area contributed by atoms with Gasteiger partial charge < -0.3 is 15.7 Å². The molecule has 0 heterocycles. The van der Waals surface area contributed by atoms with Crippen molar-refractivity contribution in [2.45, 2.75) is 13.0 Å². The van der Waals surface area contributed by atoms with E-state index in [0.29, 0.717) is 15.7 Å². The van der Waals surface area contributed by atoms with Gasteiger partial charge in [-0.15, -0.1) is 0 Å². The van der Waals surface area contributed by atoms with Gasteiger partial charge in [0, 0.05) is 17.2 Å². The summed E-state index contributed by atoms with van der Waals surface area (Å²) in [6, 6.07) is 3.93. The molecule has 3 N–H and O–H groups in total. The van der Waals surface area contributed by atoms with Gasteiger partial charge in [0.15, 0.2) is 0 Å². The molecule has 0 saturated heterocycles. The van der Waals surface area contributed by atoms with E-state index in [-0.39, 0.29) is 5.91 Å². The fourth-order valence-corrected chi connectivity index (χ4v) is 1.65. The number of nitrogen functional groups attached to an aromatic ring is 1. The minimum Gasteiger partial charge on any atom is -0.480 e. The van der Waals surface area contributed by atoms with Gasteiger partial charge >= 0.3 is 5.97 Å². The lowest BCUT2D eigenvalue weighted by molar-refractivity contribution is -0.141. The van der Waals surface area contributed by atoms with Crippen molar-refractivity contribution in [3.8, 4) is 0 Å². The number of rotatable bonds is 3. The van der Waals surface area contributed by atoms with Gasteiger partial charge in [0.1, 0.15) is 6.04 Å². The fraction of sp³-hybridized carbons (Fsp3) is 0.273. The molecule has 0 aliphatic carbocycles. The third-order valence-corrected chi connectivity index (χ3v) is 3.17. The monoisotopic (exact) mass is 300 g/mol. The summed E-state index contributed by atoms with van der Waals surface area (Å²) in [5.74, 6) is -1.44. The van der Waals surface area contributed by atoms with E-state index in [0.717, 1.165) is 4.90 Å². The second kappa shape index (κ2) is 5.18. The Kier molecular flexibility index (Phi) is 4.11. The highest BCUT2D eigenvalue weighted by Crippen LogP contribution is 2.21. The molecule has 17 heavy (non-hydrogen) atoms. The third kappa shape index (κ3) is 2.97. The van der Waals surface area contributed by atoms with Crippen LogP contribution in [-0.4, -0.2) is 35.0 Å². The van der Waals surface area contributed by atoms with Crippen LogP contribution in [0.2, 0.25) is 0 Å². The van der Waals surface area contributed by atoms with E-state index in [1.807, 2.05) is 0 Å².